The Morgan fingerprint density at radius 2 is 2.24 bits per heavy atom. The Morgan fingerprint density at radius 3 is 3.00 bits per heavy atom. The molecule has 2 rings (SSSR count). The van der Waals surface area contributed by atoms with Crippen LogP contribution in [0.25, 0.3) is 0 Å². The number of carboxylic acid groups (broad SMARTS) is 1. The number of fused-ring (bicyclic) bond motifs is 1. The number of nitrogen functional groups attached to an aromatic ring is 1. The van der Waals surface area contributed by atoms with Crippen LogP contribution in [0.4, 0.5) is 5.13 Å². The van der Waals surface area contributed by atoms with Gasteiger partial charge in [0.15, 0.2) is 5.13 Å². The van der Waals surface area contributed by atoms with Crippen LogP contribution in [0.1, 0.15) is 23.4 Å². The number of thiazole rings is 1. The summed E-state index contributed by atoms with van der Waals surface area (Å²) in [5, 5.41) is 9.26. The first-order valence-corrected chi connectivity index (χ1v) is 6.65. The predicted molar refractivity (Wildman–Crippen MR) is 67.2 cm³/mol. The molecule has 0 spiro atoms. The van der Waals surface area contributed by atoms with Gasteiger partial charge < -0.3 is 15.7 Å². The number of rotatable bonds is 4. The molecule has 5 nitrogen and oxygen atoms in total. The molecule has 0 amide bonds. The van der Waals surface area contributed by atoms with Crippen molar-refractivity contribution in [2.45, 2.75) is 25.7 Å². The molecule has 1 aromatic heterocycles. The lowest BCUT2D eigenvalue weighted by Gasteiger charge is -2.18. The summed E-state index contributed by atoms with van der Waals surface area (Å²) in [6.45, 7) is 2.79. The van der Waals surface area contributed by atoms with E-state index in [0.717, 1.165) is 44.6 Å². The van der Waals surface area contributed by atoms with E-state index in [1.165, 1.54) is 4.88 Å². The van der Waals surface area contributed by atoms with Gasteiger partial charge in [0, 0.05) is 30.8 Å². The van der Waals surface area contributed by atoms with Crippen molar-refractivity contribution in [3.05, 3.63) is 10.6 Å². The summed E-state index contributed by atoms with van der Waals surface area (Å²) in [6, 6.07) is 0. The third kappa shape index (κ3) is 3.41. The zero-order valence-corrected chi connectivity index (χ0v) is 10.5. The summed E-state index contributed by atoms with van der Waals surface area (Å²) in [4.78, 5) is 18.4. The van der Waals surface area contributed by atoms with E-state index in [2.05, 4.69) is 9.88 Å². The average molecular weight is 255 g/mol. The molecule has 1 aliphatic rings. The van der Waals surface area contributed by atoms with Gasteiger partial charge in [0.25, 0.3) is 0 Å². The number of nitrogens with zero attached hydrogens (tertiary/aromatic N) is 2. The molecule has 1 aromatic rings. The van der Waals surface area contributed by atoms with Crippen molar-refractivity contribution in [3.63, 3.8) is 0 Å². The summed E-state index contributed by atoms with van der Waals surface area (Å²) in [5.41, 5.74) is 6.82. The van der Waals surface area contributed by atoms with Crippen LogP contribution in [0.2, 0.25) is 0 Å². The fraction of sp³-hybridized carbons (Fsp3) is 0.636. The lowest BCUT2D eigenvalue weighted by Crippen LogP contribution is -2.28. The standard InChI is InChI=1S/C11H17N3O2S/c12-11-13-8-3-6-14(5-1-2-10(15)16)7-4-9(8)17-11/h1-7H2,(H2,12,13)(H,15,16). The molecule has 0 atom stereocenters. The number of anilines is 1. The fourth-order valence-electron chi connectivity index (χ4n) is 2.11. The number of hydrogen-bond donors (Lipinski definition) is 2. The zero-order chi connectivity index (χ0) is 12.3. The van der Waals surface area contributed by atoms with Crippen molar-refractivity contribution in [2.75, 3.05) is 25.4 Å². The molecule has 0 aliphatic carbocycles. The summed E-state index contributed by atoms with van der Waals surface area (Å²) < 4.78 is 0. The zero-order valence-electron chi connectivity index (χ0n) is 9.69. The van der Waals surface area contributed by atoms with Gasteiger partial charge >= 0.3 is 5.97 Å². The first kappa shape index (κ1) is 12.3. The molecule has 2 heterocycles. The smallest absolute Gasteiger partial charge is 0.303 e. The Kier molecular flexibility index (Phi) is 3.96. The van der Waals surface area contributed by atoms with E-state index in [-0.39, 0.29) is 6.42 Å². The van der Waals surface area contributed by atoms with E-state index < -0.39 is 5.97 Å². The van der Waals surface area contributed by atoms with E-state index in [1.54, 1.807) is 11.3 Å². The molecule has 0 unspecified atom stereocenters. The Bertz CT molecular complexity index is 380. The van der Waals surface area contributed by atoms with E-state index in [1.807, 2.05) is 0 Å². The first-order chi connectivity index (χ1) is 8.15. The summed E-state index contributed by atoms with van der Waals surface area (Å²) in [7, 11) is 0. The molecule has 1 aliphatic heterocycles. The lowest BCUT2D eigenvalue weighted by molar-refractivity contribution is -0.137. The average Bonchev–Trinajstić information content (AvgIpc) is 2.52. The monoisotopic (exact) mass is 255 g/mol. The van der Waals surface area contributed by atoms with Gasteiger partial charge in [-0.15, -0.1) is 11.3 Å². The molecule has 0 saturated heterocycles. The van der Waals surface area contributed by atoms with Gasteiger partial charge in [0.2, 0.25) is 0 Å². The van der Waals surface area contributed by atoms with Gasteiger partial charge in [-0.05, 0) is 19.4 Å². The van der Waals surface area contributed by atoms with Crippen molar-refractivity contribution < 1.29 is 9.90 Å². The van der Waals surface area contributed by atoms with E-state index in [9.17, 15) is 4.79 Å². The number of hydrogen-bond acceptors (Lipinski definition) is 5. The molecule has 0 bridgehead atoms. The third-order valence-corrected chi connectivity index (χ3v) is 3.97. The largest absolute Gasteiger partial charge is 0.481 e. The molecule has 17 heavy (non-hydrogen) atoms. The highest BCUT2D eigenvalue weighted by molar-refractivity contribution is 7.15. The Balaban J connectivity index is 1.83. The highest BCUT2D eigenvalue weighted by Crippen LogP contribution is 2.24. The van der Waals surface area contributed by atoms with Gasteiger partial charge in [-0.1, -0.05) is 0 Å². The van der Waals surface area contributed by atoms with Crippen LogP contribution in [-0.4, -0.2) is 40.6 Å². The second-order valence-electron chi connectivity index (χ2n) is 4.26. The van der Waals surface area contributed by atoms with Crippen molar-refractivity contribution in [2.24, 2.45) is 0 Å². The van der Waals surface area contributed by atoms with Crippen LogP contribution in [0.3, 0.4) is 0 Å². The van der Waals surface area contributed by atoms with Gasteiger partial charge in [-0.2, -0.15) is 0 Å². The molecular weight excluding hydrogens is 238 g/mol. The van der Waals surface area contributed by atoms with Crippen molar-refractivity contribution in [1.29, 1.82) is 0 Å². The number of aromatic nitrogens is 1. The van der Waals surface area contributed by atoms with Crippen LogP contribution in [0, 0.1) is 0 Å². The van der Waals surface area contributed by atoms with Gasteiger partial charge in [-0.3, -0.25) is 4.79 Å². The molecule has 0 aromatic carbocycles. The minimum absolute atomic E-state index is 0.253. The molecule has 3 N–H and O–H groups in total. The molecule has 0 radical (unpaired) electrons. The molecule has 0 fully saturated rings. The highest BCUT2D eigenvalue weighted by Gasteiger charge is 2.17. The van der Waals surface area contributed by atoms with Crippen molar-refractivity contribution >= 4 is 22.4 Å². The summed E-state index contributed by atoms with van der Waals surface area (Å²) in [6.07, 6.45) is 2.88. The predicted octanol–water partition coefficient (Wildman–Crippen LogP) is 0.991. The number of aliphatic carboxylic acids is 1. The van der Waals surface area contributed by atoms with Crippen molar-refractivity contribution in [3.8, 4) is 0 Å². The molecule has 0 saturated carbocycles. The SMILES string of the molecule is Nc1nc2c(s1)CCN(CCCC(=O)O)CC2. The minimum Gasteiger partial charge on any atom is -0.481 e. The molecular formula is C11H17N3O2S. The number of nitrogens with two attached hydrogens (primary N) is 1. The third-order valence-electron chi connectivity index (χ3n) is 2.98. The molecule has 6 heteroatoms. The van der Waals surface area contributed by atoms with Gasteiger partial charge in [-0.25, -0.2) is 4.98 Å². The van der Waals surface area contributed by atoms with Gasteiger partial charge in [0.1, 0.15) is 0 Å². The Labute approximate surface area is 104 Å². The van der Waals surface area contributed by atoms with E-state index in [0.29, 0.717) is 5.13 Å². The quantitative estimate of drug-likeness (QED) is 0.838. The first-order valence-electron chi connectivity index (χ1n) is 5.83. The second-order valence-corrected chi connectivity index (χ2v) is 5.38. The maximum atomic E-state index is 10.4. The highest BCUT2D eigenvalue weighted by atomic mass is 32.1. The van der Waals surface area contributed by atoms with Crippen LogP contribution in [0.15, 0.2) is 0 Å². The Hall–Kier alpha value is -1.14. The summed E-state index contributed by atoms with van der Waals surface area (Å²) in [5.74, 6) is -0.714. The number of carbonyl (C=O) groups is 1. The fourth-order valence-corrected chi connectivity index (χ4v) is 2.97. The van der Waals surface area contributed by atoms with E-state index in [4.69, 9.17) is 10.8 Å². The van der Waals surface area contributed by atoms with Gasteiger partial charge in [0.05, 0.1) is 5.69 Å². The van der Waals surface area contributed by atoms with Crippen LogP contribution in [0.5, 0.6) is 0 Å². The summed E-state index contributed by atoms with van der Waals surface area (Å²) >= 11 is 1.58. The van der Waals surface area contributed by atoms with E-state index >= 15 is 0 Å². The second kappa shape index (κ2) is 5.46. The lowest BCUT2D eigenvalue weighted by atomic mass is 10.2. The van der Waals surface area contributed by atoms with Crippen LogP contribution in [-0.2, 0) is 17.6 Å². The van der Waals surface area contributed by atoms with Crippen molar-refractivity contribution in [1.82, 2.24) is 9.88 Å². The molecule has 94 valence electrons. The minimum atomic E-state index is -0.714. The van der Waals surface area contributed by atoms with Crippen LogP contribution >= 0.6 is 11.3 Å². The topological polar surface area (TPSA) is 79.5 Å². The Morgan fingerprint density at radius 1 is 1.47 bits per heavy atom. The number of carboxylic acids is 1. The maximum absolute atomic E-state index is 10.4. The normalized spacial score (nSPS) is 16.5. The maximum Gasteiger partial charge on any atom is 0.303 e. The van der Waals surface area contributed by atoms with Crippen LogP contribution < -0.4 is 5.73 Å².